The van der Waals surface area contributed by atoms with Crippen LogP contribution in [0.1, 0.15) is 13.8 Å². The smallest absolute Gasteiger partial charge is 0.160 e. The van der Waals surface area contributed by atoms with Gasteiger partial charge in [-0.15, -0.1) is 0 Å². The first-order valence-corrected chi connectivity index (χ1v) is 6.50. The number of nitrogens with zero attached hydrogens (tertiary/aromatic N) is 2. The van der Waals surface area contributed by atoms with Crippen LogP contribution in [0.3, 0.4) is 0 Å². The van der Waals surface area contributed by atoms with Crippen molar-refractivity contribution in [2.45, 2.75) is 19.4 Å². The third-order valence-corrected chi connectivity index (χ3v) is 3.41. The molecule has 2 aliphatic rings. The quantitative estimate of drug-likeness (QED) is 0.757. The number of hydrogen-bond acceptors (Lipinski definition) is 4. The highest BCUT2D eigenvalue weighted by Crippen LogP contribution is 2.36. The maximum absolute atomic E-state index is 6.09. The zero-order valence-electron chi connectivity index (χ0n) is 10.9. The topological polar surface area (TPSA) is 36.9 Å². The summed E-state index contributed by atoms with van der Waals surface area (Å²) in [5.41, 5.74) is 0.580. The van der Waals surface area contributed by atoms with E-state index in [9.17, 15) is 0 Å². The largest absolute Gasteiger partial charge is 0.478 e. The van der Waals surface area contributed by atoms with Crippen molar-refractivity contribution < 1.29 is 4.74 Å². The fourth-order valence-corrected chi connectivity index (χ4v) is 2.53. The molecule has 4 nitrogen and oxygen atoms in total. The standard InChI is InChI=1S/C14H19N3O/c1-14(2)13(17-9-7-15-8-10-17)16-11-5-3-4-6-12(11)18-14/h3-6,15H,7-10H2,1-2H3. The molecule has 2 aliphatic heterocycles. The predicted molar refractivity (Wildman–Crippen MR) is 72.7 cm³/mol. The summed E-state index contributed by atoms with van der Waals surface area (Å²) >= 11 is 0. The van der Waals surface area contributed by atoms with Crippen LogP contribution in [0.25, 0.3) is 0 Å². The van der Waals surface area contributed by atoms with Crippen LogP contribution < -0.4 is 10.1 Å². The Morgan fingerprint density at radius 3 is 2.72 bits per heavy atom. The van der Waals surface area contributed by atoms with E-state index in [-0.39, 0.29) is 5.60 Å². The second-order valence-electron chi connectivity index (χ2n) is 5.25. The zero-order valence-corrected chi connectivity index (χ0v) is 10.9. The van der Waals surface area contributed by atoms with Crippen molar-refractivity contribution in [1.29, 1.82) is 0 Å². The van der Waals surface area contributed by atoms with Crippen LogP contribution in [0.5, 0.6) is 5.75 Å². The van der Waals surface area contributed by atoms with Gasteiger partial charge in [0.25, 0.3) is 0 Å². The van der Waals surface area contributed by atoms with Crippen LogP contribution in [-0.4, -0.2) is 42.5 Å². The SMILES string of the molecule is CC1(C)Oc2ccccc2N=C1N1CCNCC1. The van der Waals surface area contributed by atoms with Gasteiger partial charge in [-0.05, 0) is 26.0 Å². The van der Waals surface area contributed by atoms with Crippen LogP contribution in [0.2, 0.25) is 0 Å². The van der Waals surface area contributed by atoms with E-state index in [2.05, 4.69) is 24.1 Å². The summed E-state index contributed by atoms with van der Waals surface area (Å²) < 4.78 is 6.09. The minimum atomic E-state index is -0.355. The van der Waals surface area contributed by atoms with Gasteiger partial charge in [0.1, 0.15) is 17.3 Å². The third kappa shape index (κ3) is 1.97. The van der Waals surface area contributed by atoms with Gasteiger partial charge in [0.05, 0.1) is 0 Å². The van der Waals surface area contributed by atoms with Crippen molar-refractivity contribution >= 4 is 11.5 Å². The van der Waals surface area contributed by atoms with Crippen LogP contribution in [0.4, 0.5) is 5.69 Å². The molecule has 0 atom stereocenters. The molecule has 4 heteroatoms. The summed E-state index contributed by atoms with van der Waals surface area (Å²) in [6, 6.07) is 7.97. The number of amidine groups is 1. The number of nitrogens with one attached hydrogen (secondary N) is 1. The second kappa shape index (κ2) is 4.28. The van der Waals surface area contributed by atoms with Gasteiger partial charge in [-0.1, -0.05) is 12.1 Å². The van der Waals surface area contributed by atoms with Gasteiger partial charge in [0, 0.05) is 26.2 Å². The number of piperazine rings is 1. The van der Waals surface area contributed by atoms with E-state index in [0.717, 1.165) is 43.5 Å². The Kier molecular flexibility index (Phi) is 2.74. The number of benzene rings is 1. The summed E-state index contributed by atoms with van der Waals surface area (Å²) in [5.74, 6) is 1.92. The Hall–Kier alpha value is -1.55. The first-order valence-electron chi connectivity index (χ1n) is 6.50. The van der Waals surface area contributed by atoms with Gasteiger partial charge in [0.2, 0.25) is 0 Å². The monoisotopic (exact) mass is 245 g/mol. The number of hydrogen-bond donors (Lipinski definition) is 1. The van der Waals surface area contributed by atoms with E-state index >= 15 is 0 Å². The molecule has 0 spiro atoms. The van der Waals surface area contributed by atoms with Crippen molar-refractivity contribution in [3.05, 3.63) is 24.3 Å². The molecule has 0 radical (unpaired) electrons. The zero-order chi connectivity index (χ0) is 12.6. The van der Waals surface area contributed by atoms with E-state index in [1.165, 1.54) is 0 Å². The molecule has 3 rings (SSSR count). The van der Waals surface area contributed by atoms with E-state index in [1.807, 2.05) is 24.3 Å². The van der Waals surface area contributed by atoms with Crippen molar-refractivity contribution in [3.8, 4) is 5.75 Å². The van der Waals surface area contributed by atoms with Gasteiger partial charge in [0.15, 0.2) is 5.60 Å². The lowest BCUT2D eigenvalue weighted by Crippen LogP contribution is -2.55. The summed E-state index contributed by atoms with van der Waals surface area (Å²) in [5, 5.41) is 3.36. The lowest BCUT2D eigenvalue weighted by atomic mass is 10.0. The Labute approximate surface area is 108 Å². The number of para-hydroxylation sites is 2. The highest BCUT2D eigenvalue weighted by atomic mass is 16.5. The second-order valence-corrected chi connectivity index (χ2v) is 5.25. The van der Waals surface area contributed by atoms with Crippen LogP contribution in [-0.2, 0) is 0 Å². The van der Waals surface area contributed by atoms with E-state index in [1.54, 1.807) is 0 Å². The molecule has 1 aromatic rings. The predicted octanol–water partition coefficient (Wildman–Crippen LogP) is 1.79. The Balaban J connectivity index is 1.98. The highest BCUT2D eigenvalue weighted by Gasteiger charge is 2.36. The summed E-state index contributed by atoms with van der Waals surface area (Å²) in [6.45, 7) is 8.18. The molecule has 1 fully saturated rings. The van der Waals surface area contributed by atoms with Gasteiger partial charge in [-0.2, -0.15) is 0 Å². The average Bonchev–Trinajstić information content (AvgIpc) is 2.38. The van der Waals surface area contributed by atoms with E-state index < -0.39 is 0 Å². The van der Waals surface area contributed by atoms with E-state index in [0.29, 0.717) is 0 Å². The van der Waals surface area contributed by atoms with Crippen molar-refractivity contribution in [1.82, 2.24) is 10.2 Å². The molecular weight excluding hydrogens is 226 g/mol. The van der Waals surface area contributed by atoms with Gasteiger partial charge in [-0.3, -0.25) is 0 Å². The molecule has 96 valence electrons. The minimum Gasteiger partial charge on any atom is -0.478 e. The fourth-order valence-electron chi connectivity index (χ4n) is 2.53. The van der Waals surface area contributed by atoms with E-state index in [4.69, 9.17) is 9.73 Å². The Morgan fingerprint density at radius 1 is 1.22 bits per heavy atom. The number of ether oxygens (including phenoxy) is 1. The molecule has 18 heavy (non-hydrogen) atoms. The summed E-state index contributed by atoms with van der Waals surface area (Å²) in [4.78, 5) is 7.14. The fraction of sp³-hybridized carbons (Fsp3) is 0.500. The molecule has 0 aromatic heterocycles. The number of rotatable bonds is 0. The maximum Gasteiger partial charge on any atom is 0.160 e. The van der Waals surface area contributed by atoms with Gasteiger partial charge < -0.3 is 15.0 Å². The molecule has 1 aromatic carbocycles. The molecule has 0 aliphatic carbocycles. The lowest BCUT2D eigenvalue weighted by molar-refractivity contribution is 0.155. The maximum atomic E-state index is 6.09. The van der Waals surface area contributed by atoms with Crippen molar-refractivity contribution in [2.24, 2.45) is 4.99 Å². The Bertz CT molecular complexity index is 476. The highest BCUT2D eigenvalue weighted by molar-refractivity contribution is 5.94. The molecule has 0 amide bonds. The lowest BCUT2D eigenvalue weighted by Gasteiger charge is -2.40. The molecule has 0 bridgehead atoms. The summed E-state index contributed by atoms with van der Waals surface area (Å²) in [6.07, 6.45) is 0. The third-order valence-electron chi connectivity index (χ3n) is 3.41. The summed E-state index contributed by atoms with van der Waals surface area (Å²) in [7, 11) is 0. The molecule has 1 saturated heterocycles. The number of fused-ring (bicyclic) bond motifs is 1. The van der Waals surface area contributed by atoms with Crippen molar-refractivity contribution in [2.75, 3.05) is 26.2 Å². The van der Waals surface area contributed by atoms with Gasteiger partial charge in [-0.25, -0.2) is 4.99 Å². The minimum absolute atomic E-state index is 0.355. The number of aliphatic imine (C=N–C) groups is 1. The molecule has 2 heterocycles. The molecule has 0 unspecified atom stereocenters. The van der Waals surface area contributed by atoms with Crippen LogP contribution >= 0.6 is 0 Å². The van der Waals surface area contributed by atoms with Gasteiger partial charge >= 0.3 is 0 Å². The molecule has 1 N–H and O–H groups in total. The molecule has 0 saturated carbocycles. The molecular formula is C14H19N3O. The van der Waals surface area contributed by atoms with Crippen molar-refractivity contribution in [3.63, 3.8) is 0 Å². The van der Waals surface area contributed by atoms with Crippen LogP contribution in [0.15, 0.2) is 29.3 Å². The first kappa shape index (κ1) is 11.5. The van der Waals surface area contributed by atoms with Crippen LogP contribution in [0, 0.1) is 0 Å². The normalized spacial score (nSPS) is 21.9. The first-order chi connectivity index (χ1) is 8.67. The average molecular weight is 245 g/mol. The Morgan fingerprint density at radius 2 is 1.94 bits per heavy atom.